The van der Waals surface area contributed by atoms with Gasteiger partial charge in [0.25, 0.3) is 0 Å². The molecule has 0 fully saturated rings. The van der Waals surface area contributed by atoms with Crippen LogP contribution in [0.2, 0.25) is 0 Å². The van der Waals surface area contributed by atoms with Crippen molar-refractivity contribution in [2.45, 2.75) is 11.8 Å². The van der Waals surface area contributed by atoms with Gasteiger partial charge in [0.15, 0.2) is 0 Å². The first-order chi connectivity index (χ1) is 7.95. The van der Waals surface area contributed by atoms with Crippen LogP contribution in [0, 0.1) is 0 Å². The third kappa shape index (κ3) is 4.61. The lowest BCUT2D eigenvalue weighted by Crippen LogP contribution is -2.08. The van der Waals surface area contributed by atoms with Gasteiger partial charge in [0.05, 0.1) is 6.61 Å². The van der Waals surface area contributed by atoms with E-state index in [-0.39, 0.29) is 12.4 Å². The fourth-order valence-electron chi connectivity index (χ4n) is 1.15. The van der Waals surface area contributed by atoms with Crippen molar-refractivity contribution < 1.29 is 21.8 Å². The summed E-state index contributed by atoms with van der Waals surface area (Å²) < 4.78 is 45.4. The average molecular weight is 327 g/mol. The maximum absolute atomic E-state index is 13.0. The molecular weight excluding hydrogens is 315 g/mol. The van der Waals surface area contributed by atoms with Crippen LogP contribution in [0.5, 0.6) is 5.75 Å². The SMILES string of the molecule is CCOCCOc1ccc(Br)cc1S(=O)(=O)F. The van der Waals surface area contributed by atoms with Crippen molar-refractivity contribution >= 4 is 26.2 Å². The lowest BCUT2D eigenvalue weighted by atomic mass is 10.3. The highest BCUT2D eigenvalue weighted by Crippen LogP contribution is 2.28. The van der Waals surface area contributed by atoms with E-state index in [0.717, 1.165) is 6.07 Å². The zero-order valence-electron chi connectivity index (χ0n) is 9.15. The summed E-state index contributed by atoms with van der Waals surface area (Å²) >= 11 is 3.07. The van der Waals surface area contributed by atoms with Crippen molar-refractivity contribution in [3.05, 3.63) is 22.7 Å². The molecule has 17 heavy (non-hydrogen) atoms. The molecule has 0 bridgehead atoms. The van der Waals surface area contributed by atoms with Crippen molar-refractivity contribution in [2.75, 3.05) is 19.8 Å². The summed E-state index contributed by atoms with van der Waals surface area (Å²) in [5, 5.41) is 0. The Kier molecular flexibility index (Phi) is 5.35. The summed E-state index contributed by atoms with van der Waals surface area (Å²) in [5.41, 5.74) is 0. The van der Waals surface area contributed by atoms with Crippen LogP contribution in [0.1, 0.15) is 6.92 Å². The molecule has 0 aliphatic heterocycles. The predicted octanol–water partition coefficient (Wildman–Crippen LogP) is 2.52. The Hall–Kier alpha value is -0.660. The molecule has 1 aromatic rings. The van der Waals surface area contributed by atoms with Crippen molar-refractivity contribution in [1.82, 2.24) is 0 Å². The highest BCUT2D eigenvalue weighted by molar-refractivity contribution is 9.10. The van der Waals surface area contributed by atoms with Crippen molar-refractivity contribution in [3.63, 3.8) is 0 Å². The fourth-order valence-corrected chi connectivity index (χ4v) is 2.29. The summed E-state index contributed by atoms with van der Waals surface area (Å²) in [6, 6.07) is 4.12. The van der Waals surface area contributed by atoms with E-state index in [2.05, 4.69) is 15.9 Å². The van der Waals surface area contributed by atoms with Gasteiger partial charge in [-0.2, -0.15) is 8.42 Å². The van der Waals surface area contributed by atoms with Crippen molar-refractivity contribution in [2.24, 2.45) is 0 Å². The normalized spacial score (nSPS) is 11.5. The zero-order chi connectivity index (χ0) is 12.9. The second-order valence-corrected chi connectivity index (χ2v) is 5.31. The molecule has 1 rings (SSSR count). The van der Waals surface area contributed by atoms with Gasteiger partial charge in [-0.05, 0) is 25.1 Å². The number of benzene rings is 1. The number of ether oxygens (including phenoxy) is 2. The predicted molar refractivity (Wildman–Crippen MR) is 64.4 cm³/mol. The molecule has 0 radical (unpaired) electrons. The fraction of sp³-hybridized carbons (Fsp3) is 0.400. The topological polar surface area (TPSA) is 52.6 Å². The van der Waals surface area contributed by atoms with Crippen molar-refractivity contribution in [3.8, 4) is 5.75 Å². The molecule has 7 heteroatoms. The summed E-state index contributed by atoms with van der Waals surface area (Å²) in [6.45, 7) is 2.85. The maximum Gasteiger partial charge on any atom is 0.335 e. The molecule has 0 heterocycles. The quantitative estimate of drug-likeness (QED) is 0.595. The summed E-state index contributed by atoms with van der Waals surface area (Å²) in [5.74, 6) is -0.0181. The summed E-state index contributed by atoms with van der Waals surface area (Å²) in [7, 11) is -4.79. The lowest BCUT2D eigenvalue weighted by Gasteiger charge is -2.09. The molecule has 0 atom stereocenters. The minimum Gasteiger partial charge on any atom is -0.490 e. The van der Waals surface area contributed by atoms with Crippen LogP contribution in [0.3, 0.4) is 0 Å². The molecule has 96 valence electrons. The van der Waals surface area contributed by atoms with E-state index in [1.807, 2.05) is 6.92 Å². The van der Waals surface area contributed by atoms with E-state index in [4.69, 9.17) is 9.47 Å². The largest absolute Gasteiger partial charge is 0.490 e. The second-order valence-electron chi connectivity index (χ2n) is 3.07. The van der Waals surface area contributed by atoms with Crippen LogP contribution in [0.4, 0.5) is 3.89 Å². The lowest BCUT2D eigenvalue weighted by molar-refractivity contribution is 0.109. The van der Waals surface area contributed by atoms with Gasteiger partial charge in [0.1, 0.15) is 17.3 Å². The van der Waals surface area contributed by atoms with Gasteiger partial charge >= 0.3 is 10.2 Å². The first-order valence-corrected chi connectivity index (χ1v) is 7.07. The van der Waals surface area contributed by atoms with Gasteiger partial charge in [-0.15, -0.1) is 3.89 Å². The van der Waals surface area contributed by atoms with E-state index in [0.29, 0.717) is 17.7 Å². The molecule has 0 spiro atoms. The maximum atomic E-state index is 13.0. The molecule has 0 aromatic heterocycles. The van der Waals surface area contributed by atoms with Gasteiger partial charge in [-0.1, -0.05) is 15.9 Å². The van der Waals surface area contributed by atoms with E-state index in [9.17, 15) is 12.3 Å². The van der Waals surface area contributed by atoms with Gasteiger partial charge < -0.3 is 9.47 Å². The number of halogens is 2. The van der Waals surface area contributed by atoms with Crippen LogP contribution >= 0.6 is 15.9 Å². The first-order valence-electron chi connectivity index (χ1n) is 4.90. The van der Waals surface area contributed by atoms with E-state index in [1.54, 1.807) is 6.07 Å². The molecular formula is C10H12BrFO4S. The Labute approximate surface area is 108 Å². The minimum atomic E-state index is -4.79. The highest BCUT2D eigenvalue weighted by atomic mass is 79.9. The highest BCUT2D eigenvalue weighted by Gasteiger charge is 2.19. The van der Waals surface area contributed by atoms with Crippen LogP contribution < -0.4 is 4.74 Å². The number of hydrogen-bond donors (Lipinski definition) is 0. The Balaban J connectivity index is 2.84. The molecule has 0 aliphatic rings. The molecule has 1 aromatic carbocycles. The van der Waals surface area contributed by atoms with Crippen molar-refractivity contribution in [1.29, 1.82) is 0 Å². The smallest absolute Gasteiger partial charge is 0.335 e. The molecule has 0 amide bonds. The first kappa shape index (κ1) is 14.4. The van der Waals surface area contributed by atoms with E-state index < -0.39 is 15.1 Å². The third-order valence-electron chi connectivity index (χ3n) is 1.86. The molecule has 0 saturated heterocycles. The van der Waals surface area contributed by atoms with E-state index >= 15 is 0 Å². The Morgan fingerprint density at radius 2 is 2.06 bits per heavy atom. The summed E-state index contributed by atoms with van der Waals surface area (Å²) in [4.78, 5) is -0.483. The molecule has 0 saturated carbocycles. The van der Waals surface area contributed by atoms with Crippen LogP contribution in [0.15, 0.2) is 27.6 Å². The Morgan fingerprint density at radius 1 is 1.35 bits per heavy atom. The molecule has 0 N–H and O–H groups in total. The minimum absolute atomic E-state index is 0.0181. The van der Waals surface area contributed by atoms with Gasteiger partial charge in [-0.25, -0.2) is 0 Å². The Morgan fingerprint density at radius 3 is 2.65 bits per heavy atom. The van der Waals surface area contributed by atoms with E-state index in [1.165, 1.54) is 6.07 Å². The van der Waals surface area contributed by atoms with Crippen LogP contribution in [0.25, 0.3) is 0 Å². The monoisotopic (exact) mass is 326 g/mol. The zero-order valence-corrected chi connectivity index (χ0v) is 11.6. The van der Waals surface area contributed by atoms with Crippen LogP contribution in [-0.4, -0.2) is 28.2 Å². The molecule has 0 aliphatic carbocycles. The van der Waals surface area contributed by atoms with Gasteiger partial charge in [-0.3, -0.25) is 0 Å². The average Bonchev–Trinajstić information content (AvgIpc) is 2.25. The number of rotatable bonds is 6. The molecule has 4 nitrogen and oxygen atoms in total. The van der Waals surface area contributed by atoms with Gasteiger partial charge in [0, 0.05) is 11.1 Å². The third-order valence-corrected chi connectivity index (χ3v) is 3.20. The summed E-state index contributed by atoms with van der Waals surface area (Å²) in [6.07, 6.45) is 0. The van der Waals surface area contributed by atoms with Gasteiger partial charge in [0.2, 0.25) is 0 Å². The standard InChI is InChI=1S/C10H12BrFO4S/c1-2-15-5-6-16-9-4-3-8(11)7-10(9)17(12,13)14/h3-4,7H,2,5-6H2,1H3. The van der Waals surface area contributed by atoms with Crippen LogP contribution in [-0.2, 0) is 15.0 Å². The second kappa shape index (κ2) is 6.32. The molecule has 0 unspecified atom stereocenters. The number of hydrogen-bond acceptors (Lipinski definition) is 4. The Bertz CT molecular complexity index is 475.